The first-order chi connectivity index (χ1) is 13.4. The van der Waals surface area contributed by atoms with Crippen LogP contribution in [0.3, 0.4) is 0 Å². The van der Waals surface area contributed by atoms with Crippen molar-refractivity contribution >= 4 is 22.8 Å². The molecule has 146 valence electrons. The monoisotopic (exact) mass is 380 g/mol. The molecular weight excluding hydrogens is 356 g/mol. The van der Waals surface area contributed by atoms with E-state index < -0.39 is 12.1 Å². The van der Waals surface area contributed by atoms with Gasteiger partial charge in [0, 0.05) is 23.0 Å². The molecule has 0 saturated carbocycles. The number of amides is 1. The predicted molar refractivity (Wildman–Crippen MR) is 107 cm³/mol. The number of H-pyrrole nitrogens is 1. The number of hydrogen-bond donors (Lipinski definition) is 2. The maximum Gasteiger partial charge on any atom is 0.355 e. The van der Waals surface area contributed by atoms with Gasteiger partial charge in [-0.2, -0.15) is 0 Å². The number of carbonyl (C=O) groups excluding carboxylic acids is 2. The topological polar surface area (TPSA) is 80.4 Å². The molecule has 1 aromatic heterocycles. The summed E-state index contributed by atoms with van der Waals surface area (Å²) in [6.07, 6.45) is -0.920. The number of aromatic amines is 1. The van der Waals surface area contributed by atoms with Gasteiger partial charge in [-0.25, -0.2) is 4.79 Å². The average Bonchev–Trinajstić information content (AvgIpc) is 3.10. The third kappa shape index (κ3) is 4.17. The molecule has 2 N–H and O–H groups in total. The van der Waals surface area contributed by atoms with Gasteiger partial charge in [0.1, 0.15) is 11.4 Å². The van der Waals surface area contributed by atoms with Crippen molar-refractivity contribution in [1.82, 2.24) is 10.3 Å². The van der Waals surface area contributed by atoms with E-state index in [-0.39, 0.29) is 12.5 Å². The lowest BCUT2D eigenvalue weighted by Gasteiger charge is -2.14. The summed E-state index contributed by atoms with van der Waals surface area (Å²) in [7, 11) is 1.58. The highest BCUT2D eigenvalue weighted by Gasteiger charge is 2.20. The van der Waals surface area contributed by atoms with Crippen LogP contribution in [0.15, 0.2) is 42.5 Å². The largest absolute Gasteiger partial charge is 0.496 e. The molecule has 0 radical (unpaired) electrons. The van der Waals surface area contributed by atoms with Crippen molar-refractivity contribution < 1.29 is 19.1 Å². The van der Waals surface area contributed by atoms with Crippen LogP contribution in [0.4, 0.5) is 0 Å². The number of nitrogens with one attached hydrogen (secondary N) is 2. The molecule has 0 spiro atoms. The van der Waals surface area contributed by atoms with Crippen LogP contribution in [0.5, 0.6) is 5.75 Å². The van der Waals surface area contributed by atoms with Crippen LogP contribution in [0.25, 0.3) is 10.9 Å². The Kier molecular flexibility index (Phi) is 5.68. The van der Waals surface area contributed by atoms with Crippen molar-refractivity contribution in [2.45, 2.75) is 33.4 Å². The van der Waals surface area contributed by atoms with Gasteiger partial charge in [-0.1, -0.05) is 24.3 Å². The fraction of sp³-hybridized carbons (Fsp3) is 0.273. The molecule has 6 heteroatoms. The van der Waals surface area contributed by atoms with E-state index >= 15 is 0 Å². The summed E-state index contributed by atoms with van der Waals surface area (Å²) >= 11 is 0. The molecule has 28 heavy (non-hydrogen) atoms. The molecular formula is C22H24N2O4. The Labute approximate surface area is 163 Å². The summed E-state index contributed by atoms with van der Waals surface area (Å²) in [6.45, 7) is 5.83. The van der Waals surface area contributed by atoms with Crippen molar-refractivity contribution in [3.05, 3.63) is 64.8 Å². The third-order valence-electron chi connectivity index (χ3n) is 4.61. The lowest BCUT2D eigenvalue weighted by molar-refractivity contribution is -0.129. The molecule has 1 heterocycles. The van der Waals surface area contributed by atoms with Crippen LogP contribution >= 0.6 is 0 Å². The summed E-state index contributed by atoms with van der Waals surface area (Å²) in [5, 5.41) is 3.73. The van der Waals surface area contributed by atoms with E-state index in [2.05, 4.69) is 16.4 Å². The summed E-state index contributed by atoms with van der Waals surface area (Å²) in [5.41, 5.74) is 4.23. The molecule has 1 atom stereocenters. The minimum absolute atomic E-state index is 0.287. The van der Waals surface area contributed by atoms with Crippen molar-refractivity contribution in [2.24, 2.45) is 0 Å². The second-order valence-corrected chi connectivity index (χ2v) is 6.80. The van der Waals surface area contributed by atoms with E-state index in [4.69, 9.17) is 9.47 Å². The Morgan fingerprint density at radius 3 is 2.64 bits per heavy atom. The number of hydrogen-bond acceptors (Lipinski definition) is 4. The van der Waals surface area contributed by atoms with E-state index in [0.717, 1.165) is 27.6 Å². The molecule has 3 aromatic rings. The standard InChI is InChI=1S/C22H24N2O4/c1-13-9-14(2)17-11-19(24-18(17)10-13)22(26)28-15(3)21(25)23-12-16-7-5-6-8-20(16)27-4/h5-11,15,24H,12H2,1-4H3,(H,23,25). The Bertz CT molecular complexity index is 1020. The summed E-state index contributed by atoms with van der Waals surface area (Å²) < 4.78 is 10.6. The summed E-state index contributed by atoms with van der Waals surface area (Å²) in [4.78, 5) is 27.8. The smallest absolute Gasteiger partial charge is 0.355 e. The van der Waals surface area contributed by atoms with Gasteiger partial charge in [0.25, 0.3) is 5.91 Å². The molecule has 1 amide bonds. The van der Waals surface area contributed by atoms with Gasteiger partial charge in [-0.3, -0.25) is 4.79 Å². The van der Waals surface area contributed by atoms with Crippen LogP contribution in [0, 0.1) is 13.8 Å². The average molecular weight is 380 g/mol. The van der Waals surface area contributed by atoms with Crippen molar-refractivity contribution in [1.29, 1.82) is 0 Å². The van der Waals surface area contributed by atoms with E-state index in [1.165, 1.54) is 0 Å². The Hall–Kier alpha value is -3.28. The van der Waals surface area contributed by atoms with E-state index in [1.54, 1.807) is 20.1 Å². The van der Waals surface area contributed by atoms with Crippen LogP contribution in [0.2, 0.25) is 0 Å². The molecule has 6 nitrogen and oxygen atoms in total. The zero-order valence-corrected chi connectivity index (χ0v) is 16.5. The van der Waals surface area contributed by atoms with Gasteiger partial charge in [0.05, 0.1) is 7.11 Å². The molecule has 0 aliphatic rings. The van der Waals surface area contributed by atoms with Gasteiger partial charge in [-0.15, -0.1) is 0 Å². The molecule has 2 aromatic carbocycles. The van der Waals surface area contributed by atoms with Gasteiger partial charge in [-0.05, 0) is 50.1 Å². The first kappa shape index (κ1) is 19.5. The maximum absolute atomic E-state index is 12.4. The fourth-order valence-corrected chi connectivity index (χ4v) is 3.16. The lowest BCUT2D eigenvalue weighted by atomic mass is 10.1. The number of aromatic nitrogens is 1. The van der Waals surface area contributed by atoms with Gasteiger partial charge >= 0.3 is 5.97 Å². The van der Waals surface area contributed by atoms with Crippen molar-refractivity contribution in [2.75, 3.05) is 7.11 Å². The lowest BCUT2D eigenvalue weighted by Crippen LogP contribution is -2.35. The number of esters is 1. The Morgan fingerprint density at radius 2 is 1.89 bits per heavy atom. The van der Waals surface area contributed by atoms with Crippen LogP contribution in [-0.2, 0) is 16.1 Å². The first-order valence-corrected chi connectivity index (χ1v) is 9.09. The van der Waals surface area contributed by atoms with Crippen LogP contribution < -0.4 is 10.1 Å². The number of benzene rings is 2. The number of para-hydroxylation sites is 1. The molecule has 0 bridgehead atoms. The second-order valence-electron chi connectivity index (χ2n) is 6.80. The number of fused-ring (bicyclic) bond motifs is 1. The third-order valence-corrected chi connectivity index (χ3v) is 4.61. The van der Waals surface area contributed by atoms with Crippen molar-refractivity contribution in [3.63, 3.8) is 0 Å². The van der Waals surface area contributed by atoms with Gasteiger partial charge in [0.2, 0.25) is 0 Å². The maximum atomic E-state index is 12.4. The van der Waals surface area contributed by atoms with E-state index in [1.807, 2.05) is 44.2 Å². The highest BCUT2D eigenvalue weighted by Crippen LogP contribution is 2.22. The normalized spacial score (nSPS) is 11.9. The number of methoxy groups -OCH3 is 1. The zero-order valence-electron chi connectivity index (χ0n) is 16.5. The molecule has 1 unspecified atom stereocenters. The van der Waals surface area contributed by atoms with Gasteiger partial charge < -0.3 is 19.8 Å². The quantitative estimate of drug-likeness (QED) is 0.640. The van der Waals surface area contributed by atoms with Crippen LogP contribution in [-0.4, -0.2) is 30.1 Å². The van der Waals surface area contributed by atoms with Gasteiger partial charge in [0.15, 0.2) is 6.10 Å². The minimum atomic E-state index is -0.920. The highest BCUT2D eigenvalue weighted by molar-refractivity contribution is 5.97. The highest BCUT2D eigenvalue weighted by atomic mass is 16.5. The van der Waals surface area contributed by atoms with E-state index in [9.17, 15) is 9.59 Å². The number of ether oxygens (including phenoxy) is 2. The second kappa shape index (κ2) is 8.17. The SMILES string of the molecule is COc1ccccc1CNC(=O)C(C)OC(=O)c1cc2c(C)cc(C)cc2[nH]1. The molecule has 0 fully saturated rings. The zero-order chi connectivity index (χ0) is 20.3. The molecule has 0 saturated heterocycles. The molecule has 3 rings (SSSR count). The minimum Gasteiger partial charge on any atom is -0.496 e. The number of aryl methyl sites for hydroxylation is 2. The van der Waals surface area contributed by atoms with Crippen LogP contribution in [0.1, 0.15) is 34.1 Å². The number of rotatable bonds is 6. The first-order valence-electron chi connectivity index (χ1n) is 9.09. The summed E-state index contributed by atoms with van der Waals surface area (Å²) in [5.74, 6) is -0.244. The summed E-state index contributed by atoms with van der Waals surface area (Å²) in [6, 6.07) is 13.2. The Morgan fingerprint density at radius 1 is 1.14 bits per heavy atom. The van der Waals surface area contributed by atoms with Crippen molar-refractivity contribution in [3.8, 4) is 5.75 Å². The predicted octanol–water partition coefficient (Wildman–Crippen LogP) is 3.66. The number of carbonyl (C=O) groups is 2. The fourth-order valence-electron chi connectivity index (χ4n) is 3.16. The molecule has 0 aliphatic carbocycles. The van der Waals surface area contributed by atoms with E-state index in [0.29, 0.717) is 11.4 Å². The molecule has 0 aliphatic heterocycles. The Balaban J connectivity index is 1.63.